The van der Waals surface area contributed by atoms with Crippen molar-refractivity contribution < 1.29 is 24.8 Å². The highest BCUT2D eigenvalue weighted by Crippen LogP contribution is 2.42. The smallest absolute Gasteiger partial charge is 0.169 e. The zero-order valence-electron chi connectivity index (χ0n) is 21.9. The molecule has 39 heavy (non-hydrogen) atoms. The molecular weight excluding hydrogens is 490 g/mol. The van der Waals surface area contributed by atoms with Crippen molar-refractivity contribution in [2.24, 2.45) is 0 Å². The number of aromatic hydroxyl groups is 3. The van der Waals surface area contributed by atoms with Gasteiger partial charge < -0.3 is 24.8 Å². The van der Waals surface area contributed by atoms with Gasteiger partial charge in [-0.2, -0.15) is 0 Å². The van der Waals surface area contributed by atoms with E-state index in [1.807, 2.05) is 54.6 Å². The van der Waals surface area contributed by atoms with Gasteiger partial charge in [0.2, 0.25) is 0 Å². The van der Waals surface area contributed by atoms with Crippen LogP contribution in [0.5, 0.6) is 28.7 Å². The molecule has 3 N–H and O–H groups in total. The topological polar surface area (TPSA) is 82.4 Å². The van der Waals surface area contributed by atoms with Crippen molar-refractivity contribution in [3.8, 4) is 39.9 Å². The van der Waals surface area contributed by atoms with Gasteiger partial charge in [0.1, 0.15) is 17.2 Å². The first-order chi connectivity index (χ1) is 19.0. The minimum atomic E-state index is 0.101. The molecule has 4 aromatic rings. The van der Waals surface area contributed by atoms with Crippen LogP contribution in [0.3, 0.4) is 0 Å². The van der Waals surface area contributed by atoms with Crippen LogP contribution in [0.15, 0.2) is 72.8 Å². The Kier molecular flexibility index (Phi) is 7.14. The van der Waals surface area contributed by atoms with Crippen LogP contribution in [0, 0.1) is 0 Å². The van der Waals surface area contributed by atoms with Crippen LogP contribution in [0.25, 0.3) is 11.1 Å². The first-order valence-electron chi connectivity index (χ1n) is 13.6. The molecule has 9 rings (SSSR count). The van der Waals surface area contributed by atoms with Gasteiger partial charge in [-0.15, -0.1) is 0 Å². The summed E-state index contributed by atoms with van der Waals surface area (Å²) in [6.07, 6.45) is 2.89. The molecule has 0 aromatic heterocycles. The van der Waals surface area contributed by atoms with Gasteiger partial charge in [0, 0.05) is 36.3 Å². The highest BCUT2D eigenvalue weighted by Gasteiger charge is 2.20. The van der Waals surface area contributed by atoms with Crippen LogP contribution in [0.4, 0.5) is 0 Å². The average Bonchev–Trinajstić information content (AvgIpc) is 2.95. The molecular formula is C33H33NO5. The number of benzene rings is 4. The van der Waals surface area contributed by atoms with Gasteiger partial charge >= 0.3 is 0 Å². The van der Waals surface area contributed by atoms with E-state index in [2.05, 4.69) is 11.0 Å². The number of hydrogen-bond donors (Lipinski definition) is 3. The van der Waals surface area contributed by atoms with Crippen molar-refractivity contribution in [3.63, 3.8) is 0 Å². The average molecular weight is 524 g/mol. The number of nitrogens with zero attached hydrogens (tertiary/aromatic N) is 1. The predicted molar refractivity (Wildman–Crippen MR) is 151 cm³/mol. The van der Waals surface area contributed by atoms with E-state index in [9.17, 15) is 15.3 Å². The molecule has 4 aromatic carbocycles. The predicted octanol–water partition coefficient (Wildman–Crippen LogP) is 5.98. The lowest BCUT2D eigenvalue weighted by Crippen LogP contribution is -2.35. The van der Waals surface area contributed by atoms with E-state index in [0.29, 0.717) is 55.2 Å². The second-order valence-electron chi connectivity index (χ2n) is 10.4. The van der Waals surface area contributed by atoms with E-state index >= 15 is 0 Å². The first kappa shape index (κ1) is 25.3. The number of hydrogen-bond acceptors (Lipinski definition) is 6. The maximum absolute atomic E-state index is 11.6. The highest BCUT2D eigenvalue weighted by atomic mass is 16.5. The fourth-order valence-corrected chi connectivity index (χ4v) is 5.47. The van der Waals surface area contributed by atoms with Crippen molar-refractivity contribution in [3.05, 3.63) is 101 Å². The summed E-state index contributed by atoms with van der Waals surface area (Å²) in [7, 11) is 0. The molecule has 6 nitrogen and oxygen atoms in total. The molecule has 1 fully saturated rings. The van der Waals surface area contributed by atoms with Gasteiger partial charge in [0.05, 0.1) is 13.2 Å². The summed E-state index contributed by atoms with van der Waals surface area (Å²) in [4.78, 5) is 2.29. The van der Waals surface area contributed by atoms with Gasteiger partial charge in [-0.05, 0) is 78.3 Å². The molecule has 0 amide bonds. The summed E-state index contributed by atoms with van der Waals surface area (Å²) in [5.74, 6) is 1.59. The summed E-state index contributed by atoms with van der Waals surface area (Å²) in [6, 6.07) is 23.1. The van der Waals surface area contributed by atoms with Crippen molar-refractivity contribution >= 4 is 0 Å². The largest absolute Gasteiger partial charge is 0.507 e. The number of phenolic OH excluding ortho intramolecular Hbond substituents is 3. The Labute approximate surface area is 228 Å². The number of ether oxygens (including phenoxy) is 2. The lowest BCUT2D eigenvalue weighted by Gasteiger charge is -2.27. The molecule has 0 unspecified atom stereocenters. The Bertz CT molecular complexity index is 1470. The van der Waals surface area contributed by atoms with Crippen molar-refractivity contribution in [2.75, 3.05) is 26.3 Å². The van der Waals surface area contributed by atoms with E-state index in [4.69, 9.17) is 9.47 Å². The van der Waals surface area contributed by atoms with Crippen molar-refractivity contribution in [2.45, 2.75) is 32.2 Å². The SMILES string of the molecule is Oc1ccc2cc1Oc1ccc(cc1)CCc1ccc(CN3CCOCC3)c(O)c1-c1ccc(cc1O)CC2. The monoisotopic (exact) mass is 523 g/mol. The molecule has 5 aliphatic heterocycles. The Morgan fingerprint density at radius 1 is 0.667 bits per heavy atom. The molecule has 5 heterocycles. The van der Waals surface area contributed by atoms with E-state index in [1.165, 1.54) is 0 Å². The molecule has 6 heteroatoms. The van der Waals surface area contributed by atoms with Gasteiger partial charge in [-0.3, -0.25) is 4.90 Å². The number of rotatable bonds is 2. The maximum atomic E-state index is 11.6. The standard InChI is InChI=1S/C33H33NO5/c35-29-14-7-24-2-1-23-6-13-28(30(36)19-23)32-25(8-3-22-4-11-27(12-5-22)39-31(29)20-24)9-10-26(33(32)37)21-34-15-17-38-18-16-34/h4-7,9-14,19-20,35-37H,1-3,8,15-18,21H2. The zero-order valence-corrected chi connectivity index (χ0v) is 21.9. The summed E-state index contributed by atoms with van der Waals surface area (Å²) >= 11 is 0. The summed E-state index contributed by atoms with van der Waals surface area (Å²) in [6.45, 7) is 3.70. The fraction of sp³-hybridized carbons (Fsp3) is 0.273. The fourth-order valence-electron chi connectivity index (χ4n) is 5.47. The zero-order chi connectivity index (χ0) is 26.8. The van der Waals surface area contributed by atoms with Gasteiger partial charge in [0.25, 0.3) is 0 Å². The normalized spacial score (nSPS) is 15.8. The van der Waals surface area contributed by atoms with Gasteiger partial charge in [-0.1, -0.05) is 42.5 Å². The first-order valence-corrected chi connectivity index (χ1v) is 13.6. The van der Waals surface area contributed by atoms with E-state index in [0.717, 1.165) is 53.7 Å². The Morgan fingerprint density at radius 3 is 2.13 bits per heavy atom. The van der Waals surface area contributed by atoms with Crippen LogP contribution in [-0.4, -0.2) is 46.5 Å². The molecule has 1 saturated heterocycles. The molecule has 6 bridgehead atoms. The summed E-state index contributed by atoms with van der Waals surface area (Å²) in [5, 5.41) is 33.1. The second-order valence-corrected chi connectivity index (χ2v) is 10.4. The van der Waals surface area contributed by atoms with E-state index in [-0.39, 0.29) is 17.2 Å². The number of phenols is 3. The van der Waals surface area contributed by atoms with Crippen LogP contribution in [0.2, 0.25) is 0 Å². The van der Waals surface area contributed by atoms with E-state index in [1.54, 1.807) is 12.1 Å². The molecule has 0 saturated carbocycles. The van der Waals surface area contributed by atoms with Gasteiger partial charge in [0.15, 0.2) is 11.5 Å². The van der Waals surface area contributed by atoms with Crippen LogP contribution < -0.4 is 4.74 Å². The van der Waals surface area contributed by atoms with Crippen molar-refractivity contribution in [1.29, 1.82) is 0 Å². The molecule has 200 valence electrons. The van der Waals surface area contributed by atoms with Gasteiger partial charge in [-0.25, -0.2) is 0 Å². The summed E-state index contributed by atoms with van der Waals surface area (Å²) < 4.78 is 11.5. The molecule has 0 aliphatic carbocycles. The van der Waals surface area contributed by atoms with Crippen LogP contribution in [-0.2, 0) is 37.0 Å². The highest BCUT2D eigenvalue weighted by molar-refractivity contribution is 5.80. The molecule has 0 spiro atoms. The minimum absolute atomic E-state index is 0.101. The third-order valence-electron chi connectivity index (χ3n) is 7.74. The third kappa shape index (κ3) is 5.58. The minimum Gasteiger partial charge on any atom is -0.507 e. The Hall–Kier alpha value is -4.00. The Morgan fingerprint density at radius 2 is 1.36 bits per heavy atom. The quantitative estimate of drug-likeness (QED) is 0.300. The lowest BCUT2D eigenvalue weighted by molar-refractivity contribution is 0.0339. The number of morpholine rings is 1. The second kappa shape index (κ2) is 11.0. The Balaban J connectivity index is 1.40. The number of aryl methyl sites for hydroxylation is 4. The summed E-state index contributed by atoms with van der Waals surface area (Å²) in [5.41, 5.74) is 6.34. The maximum Gasteiger partial charge on any atom is 0.169 e. The molecule has 5 aliphatic rings. The lowest BCUT2D eigenvalue weighted by atomic mass is 9.90. The molecule has 0 atom stereocenters. The van der Waals surface area contributed by atoms with Crippen LogP contribution >= 0.6 is 0 Å². The van der Waals surface area contributed by atoms with Crippen LogP contribution in [0.1, 0.15) is 27.8 Å². The van der Waals surface area contributed by atoms with Crippen molar-refractivity contribution in [1.82, 2.24) is 4.90 Å². The third-order valence-corrected chi connectivity index (χ3v) is 7.74. The molecule has 0 radical (unpaired) electrons. The van der Waals surface area contributed by atoms with E-state index < -0.39 is 0 Å².